The average molecular weight is 674 g/mol. The summed E-state index contributed by atoms with van der Waals surface area (Å²) in [6.45, 7) is -0.520. The summed E-state index contributed by atoms with van der Waals surface area (Å²) < 4.78 is 51.6. The minimum absolute atomic E-state index is 0.0306. The summed E-state index contributed by atoms with van der Waals surface area (Å²) >= 11 is 10.1. The van der Waals surface area contributed by atoms with Gasteiger partial charge in [0.1, 0.15) is 30.1 Å². The van der Waals surface area contributed by atoms with Crippen LogP contribution in [0.5, 0.6) is 0 Å². The lowest BCUT2D eigenvalue weighted by Gasteiger charge is -2.27. The van der Waals surface area contributed by atoms with Crippen molar-refractivity contribution in [1.29, 1.82) is 0 Å². The summed E-state index contributed by atoms with van der Waals surface area (Å²) in [6, 6.07) is 1.63. The van der Waals surface area contributed by atoms with Gasteiger partial charge in [-0.15, -0.1) is 0 Å². The highest BCUT2D eigenvalue weighted by Gasteiger charge is 2.46. The van der Waals surface area contributed by atoms with Gasteiger partial charge in [-0.2, -0.15) is 4.98 Å². The second-order valence-electron chi connectivity index (χ2n) is 10.1. The van der Waals surface area contributed by atoms with Gasteiger partial charge in [0.2, 0.25) is 11.6 Å². The Kier molecular flexibility index (Phi) is 7.38. The molecule has 3 fully saturated rings. The van der Waals surface area contributed by atoms with E-state index in [0.717, 1.165) is 0 Å². The van der Waals surface area contributed by atoms with Gasteiger partial charge < -0.3 is 34.9 Å². The summed E-state index contributed by atoms with van der Waals surface area (Å²) in [5.74, 6) is -0.120. The largest absolute Gasteiger partial charge is 0.472 e. The zero-order chi connectivity index (χ0) is 30.1. The van der Waals surface area contributed by atoms with E-state index in [-0.39, 0.29) is 43.2 Å². The molecule has 0 radical (unpaired) electrons. The molecule has 2 unspecified atom stereocenters. The van der Waals surface area contributed by atoms with Crippen LogP contribution in [0, 0.1) is 0 Å². The molecule has 43 heavy (non-hydrogen) atoms. The minimum Gasteiger partial charge on any atom is -0.397 e. The van der Waals surface area contributed by atoms with Crippen LogP contribution in [0.2, 0.25) is 0 Å². The highest BCUT2D eigenvalue weighted by molar-refractivity contribution is 8.60. The van der Waals surface area contributed by atoms with Gasteiger partial charge in [0.15, 0.2) is 23.0 Å². The van der Waals surface area contributed by atoms with Crippen LogP contribution in [0.15, 0.2) is 29.7 Å². The van der Waals surface area contributed by atoms with Crippen LogP contribution in [0.3, 0.4) is 0 Å². The van der Waals surface area contributed by atoms with E-state index in [2.05, 4.69) is 37.2 Å². The maximum atomic E-state index is 13.1. The molecule has 18 nitrogen and oxygen atoms in total. The van der Waals surface area contributed by atoms with Crippen molar-refractivity contribution in [2.45, 2.75) is 49.7 Å². The molecule has 4 aromatic rings. The molecule has 8 atom stereocenters. The standard InChI is InChI=1S/C21H25N9O9P2S2/c22-10-1-2-24-17-15(10)25-7-29(17)14-4-11-13(37-14)6-35-41(42,43)39-12-3-9(5-34-40(32,33)38-11)36-20(12)30-8-26-16-18(30)27-21(23)28-19(16)31/h1-2,7-9,11-14,20H,3-6H2,(H2,22,24)(H,32,33)(H,42,43)(H3,23,27,28,31)/t9-,11-,12+,13+,14+,20+/m0/s1. The van der Waals surface area contributed by atoms with Crippen molar-refractivity contribution in [1.82, 2.24) is 34.1 Å². The predicted octanol–water partition coefficient (Wildman–Crippen LogP) is 1.38. The number of aromatic amines is 1. The van der Waals surface area contributed by atoms with Gasteiger partial charge in [-0.05, 0) is 17.9 Å². The molecule has 0 aromatic carbocycles. The molecule has 0 amide bonds. The van der Waals surface area contributed by atoms with Crippen LogP contribution in [-0.2, 0) is 43.9 Å². The number of phosphoric acid groups is 1. The number of imidazole rings is 2. The highest BCUT2D eigenvalue weighted by Crippen LogP contribution is 2.58. The van der Waals surface area contributed by atoms with E-state index in [1.807, 2.05) is 0 Å². The van der Waals surface area contributed by atoms with Gasteiger partial charge in [0.05, 0.1) is 37.7 Å². The van der Waals surface area contributed by atoms with Crippen molar-refractivity contribution in [2.75, 3.05) is 24.7 Å². The molecule has 22 heteroatoms. The van der Waals surface area contributed by atoms with Gasteiger partial charge in [0, 0.05) is 19.0 Å². The zero-order valence-electron chi connectivity index (χ0n) is 21.9. The Morgan fingerprint density at radius 2 is 1.79 bits per heavy atom. The third-order valence-electron chi connectivity index (χ3n) is 7.22. The van der Waals surface area contributed by atoms with Gasteiger partial charge in [-0.25, -0.2) is 19.5 Å². The van der Waals surface area contributed by atoms with Crippen molar-refractivity contribution in [3.8, 4) is 0 Å². The highest BCUT2D eigenvalue weighted by atomic mass is 32.9. The second kappa shape index (κ2) is 10.8. The number of hydrogen-bond donors (Lipinski definition) is 5. The van der Waals surface area contributed by atoms with Crippen molar-refractivity contribution >= 4 is 71.5 Å². The number of H-pyrrole nitrogens is 1. The van der Waals surface area contributed by atoms with Crippen LogP contribution in [0.25, 0.3) is 22.3 Å². The van der Waals surface area contributed by atoms with E-state index in [1.54, 1.807) is 16.8 Å². The van der Waals surface area contributed by atoms with Crippen LogP contribution in [0.4, 0.5) is 11.6 Å². The van der Waals surface area contributed by atoms with Crippen LogP contribution in [0.1, 0.15) is 25.3 Å². The number of ether oxygens (including phenoxy) is 2. The number of rotatable bonds is 2. The van der Waals surface area contributed by atoms with Crippen molar-refractivity contribution < 1.29 is 37.0 Å². The topological polar surface area (TPSA) is 239 Å². The van der Waals surface area contributed by atoms with Crippen molar-refractivity contribution in [3.05, 3.63) is 35.3 Å². The summed E-state index contributed by atoms with van der Waals surface area (Å²) in [5.41, 5.74) is 9.52. The Labute approximate surface area is 251 Å². The molecule has 0 spiro atoms. The van der Waals surface area contributed by atoms with E-state index < -0.39 is 55.9 Å². The Hall–Kier alpha value is -2.48. The van der Waals surface area contributed by atoms with Crippen LogP contribution >= 0.6 is 25.8 Å². The number of nitrogens with two attached hydrogens (primary N) is 2. The molecule has 6 N–H and O–H groups in total. The summed E-state index contributed by atoms with van der Waals surface area (Å²) in [6.07, 6.45) is -0.266. The predicted molar refractivity (Wildman–Crippen MR) is 156 cm³/mol. The van der Waals surface area contributed by atoms with Crippen molar-refractivity contribution in [2.24, 2.45) is 0 Å². The third kappa shape index (κ3) is 5.62. The number of anilines is 2. The first-order chi connectivity index (χ1) is 20.5. The molecular formula is C21H25N9O9P2S2. The first-order valence-electron chi connectivity index (χ1n) is 12.9. The van der Waals surface area contributed by atoms with E-state index in [0.29, 0.717) is 16.9 Å². The quantitative estimate of drug-likeness (QED) is 0.149. The van der Waals surface area contributed by atoms with Crippen molar-refractivity contribution in [3.63, 3.8) is 0 Å². The van der Waals surface area contributed by atoms with Gasteiger partial charge in [-0.1, -0.05) is 12.2 Å². The van der Waals surface area contributed by atoms with E-state index >= 15 is 0 Å². The summed E-state index contributed by atoms with van der Waals surface area (Å²) in [7, 11) is -4.62. The van der Waals surface area contributed by atoms with E-state index in [1.165, 1.54) is 17.2 Å². The van der Waals surface area contributed by atoms with E-state index in [4.69, 9.17) is 50.8 Å². The third-order valence-corrected chi connectivity index (χ3v) is 10.4. The van der Waals surface area contributed by atoms with Crippen LogP contribution < -0.4 is 17.0 Å². The average Bonchev–Trinajstić information content (AvgIpc) is 3.71. The molecule has 3 aliphatic rings. The number of hydrogen-bond acceptors (Lipinski definition) is 15. The first-order valence-corrected chi connectivity index (χ1v) is 18.2. The number of thiol groups is 1. The molecule has 2 bridgehead atoms. The normalized spacial score (nSPS) is 35.4. The molecular weight excluding hydrogens is 648 g/mol. The fourth-order valence-corrected chi connectivity index (χ4v) is 8.32. The molecule has 4 aromatic heterocycles. The number of phosphoric ester groups is 1. The Morgan fingerprint density at radius 3 is 2.63 bits per heavy atom. The lowest BCUT2D eigenvalue weighted by Crippen LogP contribution is -2.29. The number of nitrogen functional groups attached to an aromatic ring is 2. The monoisotopic (exact) mass is 673 g/mol. The minimum atomic E-state index is -4.62. The maximum Gasteiger partial charge on any atom is 0.472 e. The fourth-order valence-electron chi connectivity index (χ4n) is 5.34. The van der Waals surface area contributed by atoms with Gasteiger partial charge in [-0.3, -0.25) is 28.0 Å². The maximum absolute atomic E-state index is 13.1. The zero-order valence-corrected chi connectivity index (χ0v) is 25.4. The molecule has 3 aliphatic heterocycles. The number of fused-ring (bicyclic) bond motifs is 5. The molecule has 230 valence electrons. The molecule has 7 heterocycles. The van der Waals surface area contributed by atoms with Gasteiger partial charge >= 0.3 is 7.82 Å². The molecule has 0 saturated carbocycles. The first kappa shape index (κ1) is 29.2. The Bertz CT molecular complexity index is 1870. The summed E-state index contributed by atoms with van der Waals surface area (Å²) in [4.78, 5) is 42.3. The van der Waals surface area contributed by atoms with Gasteiger partial charge in [0.25, 0.3) is 5.56 Å². The SMILES string of the molecule is Nc1nc2c(ncn2[C@@H]2O[C@@H]3COP(=O)(O)O[C@H]4C[C@H](n5cnc6c(N)ccnc65)O[C@@H]4COP(=S)(S)O[C@@H]2C3)c(=O)[nH]1. The second-order valence-corrected chi connectivity index (χ2v) is 16.7. The number of nitrogens with zero attached hydrogens (tertiary/aromatic N) is 6. The molecule has 0 aliphatic carbocycles. The smallest absolute Gasteiger partial charge is 0.397 e. The molecule has 3 saturated heterocycles. The number of nitrogens with one attached hydrogen (secondary N) is 1. The number of aromatic nitrogens is 7. The molecule has 7 rings (SSSR count). The summed E-state index contributed by atoms with van der Waals surface area (Å²) in [5, 5.41) is 0. The van der Waals surface area contributed by atoms with Crippen LogP contribution in [-0.4, -0.2) is 76.6 Å². The Morgan fingerprint density at radius 1 is 1.00 bits per heavy atom. The lowest BCUT2D eigenvalue weighted by molar-refractivity contribution is -0.0582. The lowest BCUT2D eigenvalue weighted by atomic mass is 10.2. The Balaban J connectivity index is 1.17. The van der Waals surface area contributed by atoms with E-state index in [9.17, 15) is 14.3 Å². The fraction of sp³-hybridized carbons (Fsp3) is 0.476. The number of pyridine rings is 1.